The van der Waals surface area contributed by atoms with Crippen LogP contribution in [0.3, 0.4) is 0 Å². The molecule has 0 bridgehead atoms. The van der Waals surface area contributed by atoms with Crippen molar-refractivity contribution >= 4 is 22.9 Å². The van der Waals surface area contributed by atoms with Gasteiger partial charge in [-0.25, -0.2) is 0 Å². The zero-order valence-electron chi connectivity index (χ0n) is 11.0. The molecule has 0 radical (unpaired) electrons. The summed E-state index contributed by atoms with van der Waals surface area (Å²) < 4.78 is 0. The first-order valence-electron chi connectivity index (χ1n) is 6.55. The normalized spacial score (nSPS) is 17.2. The molecule has 1 saturated heterocycles. The van der Waals surface area contributed by atoms with E-state index in [0.717, 1.165) is 44.8 Å². The number of aliphatic hydroxyl groups excluding tert-OH is 1. The van der Waals surface area contributed by atoms with Crippen LogP contribution in [-0.4, -0.2) is 59.3 Å². The Morgan fingerprint density at radius 2 is 2.21 bits per heavy atom. The summed E-state index contributed by atoms with van der Waals surface area (Å²) in [6.07, 6.45) is 2.78. The van der Waals surface area contributed by atoms with E-state index in [1.165, 1.54) is 0 Å². The van der Waals surface area contributed by atoms with Crippen LogP contribution in [0.4, 0.5) is 5.69 Å². The molecule has 19 heavy (non-hydrogen) atoms. The molecule has 0 spiro atoms. The van der Waals surface area contributed by atoms with E-state index in [0.29, 0.717) is 10.7 Å². The average Bonchev–Trinajstić information content (AvgIpc) is 2.65. The van der Waals surface area contributed by atoms with Crippen LogP contribution in [0.2, 0.25) is 0 Å². The van der Waals surface area contributed by atoms with Crippen molar-refractivity contribution in [3.63, 3.8) is 0 Å². The molecule has 0 saturated carbocycles. The summed E-state index contributed by atoms with van der Waals surface area (Å²) in [6.45, 7) is 4.77. The summed E-state index contributed by atoms with van der Waals surface area (Å²) in [6, 6.07) is 3.93. The molecule has 1 aromatic rings. The predicted octanol–water partition coefficient (Wildman–Crippen LogP) is 0.220. The van der Waals surface area contributed by atoms with E-state index < -0.39 is 0 Å². The SMILES string of the molecule is NC(=S)c1ncccc1N1CCCN(CCO)CC1. The Bertz CT molecular complexity index is 440. The average molecular weight is 280 g/mol. The summed E-state index contributed by atoms with van der Waals surface area (Å²) in [7, 11) is 0. The van der Waals surface area contributed by atoms with Gasteiger partial charge >= 0.3 is 0 Å². The third kappa shape index (κ3) is 3.62. The second-order valence-corrected chi connectivity index (χ2v) is 5.08. The van der Waals surface area contributed by atoms with Crippen LogP contribution in [0.15, 0.2) is 18.3 Å². The van der Waals surface area contributed by atoms with E-state index in [1.807, 2.05) is 12.1 Å². The van der Waals surface area contributed by atoms with Gasteiger partial charge in [0, 0.05) is 32.4 Å². The van der Waals surface area contributed by atoms with Gasteiger partial charge in [0.15, 0.2) is 0 Å². The maximum atomic E-state index is 9.01. The summed E-state index contributed by atoms with van der Waals surface area (Å²) in [5, 5.41) is 9.01. The van der Waals surface area contributed by atoms with Crippen molar-refractivity contribution in [1.29, 1.82) is 0 Å². The topological polar surface area (TPSA) is 65.6 Å². The molecule has 1 aliphatic rings. The number of aliphatic hydroxyl groups is 1. The Labute approximate surface area is 119 Å². The number of hydrogen-bond donors (Lipinski definition) is 2. The molecule has 3 N–H and O–H groups in total. The summed E-state index contributed by atoms with van der Waals surface area (Å²) in [4.78, 5) is 9.17. The molecule has 1 fully saturated rings. The van der Waals surface area contributed by atoms with Gasteiger partial charge in [-0.3, -0.25) is 9.88 Å². The van der Waals surface area contributed by atoms with Gasteiger partial charge in [0.05, 0.1) is 12.3 Å². The molecule has 0 unspecified atom stereocenters. The second kappa shape index (κ2) is 6.79. The van der Waals surface area contributed by atoms with Crippen molar-refractivity contribution in [3.8, 4) is 0 Å². The van der Waals surface area contributed by atoms with Crippen LogP contribution >= 0.6 is 12.2 Å². The van der Waals surface area contributed by atoms with Gasteiger partial charge in [0.1, 0.15) is 10.7 Å². The number of thiocarbonyl (C=S) groups is 1. The fourth-order valence-corrected chi connectivity index (χ4v) is 2.58. The van der Waals surface area contributed by atoms with Crippen molar-refractivity contribution in [3.05, 3.63) is 24.0 Å². The van der Waals surface area contributed by atoms with E-state index in [-0.39, 0.29) is 6.61 Å². The first kappa shape index (κ1) is 14.2. The van der Waals surface area contributed by atoms with Gasteiger partial charge in [0.2, 0.25) is 0 Å². The number of rotatable bonds is 4. The molecule has 5 nitrogen and oxygen atoms in total. The Morgan fingerprint density at radius 3 is 2.95 bits per heavy atom. The van der Waals surface area contributed by atoms with Gasteiger partial charge in [0.25, 0.3) is 0 Å². The highest BCUT2D eigenvalue weighted by Crippen LogP contribution is 2.20. The largest absolute Gasteiger partial charge is 0.395 e. The maximum Gasteiger partial charge on any atom is 0.124 e. The van der Waals surface area contributed by atoms with Crippen LogP contribution in [0.5, 0.6) is 0 Å². The van der Waals surface area contributed by atoms with Gasteiger partial charge < -0.3 is 15.7 Å². The van der Waals surface area contributed by atoms with Crippen LogP contribution in [0, 0.1) is 0 Å². The Balaban J connectivity index is 2.12. The van der Waals surface area contributed by atoms with Crippen molar-refractivity contribution in [2.24, 2.45) is 5.73 Å². The summed E-state index contributed by atoms with van der Waals surface area (Å²) >= 11 is 5.06. The van der Waals surface area contributed by atoms with Crippen molar-refractivity contribution < 1.29 is 5.11 Å². The molecular formula is C13H20N4OS. The van der Waals surface area contributed by atoms with E-state index >= 15 is 0 Å². The highest BCUT2D eigenvalue weighted by molar-refractivity contribution is 7.80. The molecular weight excluding hydrogens is 260 g/mol. The number of anilines is 1. The van der Waals surface area contributed by atoms with Crippen molar-refractivity contribution in [2.45, 2.75) is 6.42 Å². The van der Waals surface area contributed by atoms with E-state index in [2.05, 4.69) is 14.8 Å². The van der Waals surface area contributed by atoms with Gasteiger partial charge in [-0.05, 0) is 25.1 Å². The van der Waals surface area contributed by atoms with Crippen molar-refractivity contribution in [1.82, 2.24) is 9.88 Å². The van der Waals surface area contributed by atoms with Crippen LogP contribution < -0.4 is 10.6 Å². The molecule has 1 aromatic heterocycles. The highest BCUT2D eigenvalue weighted by atomic mass is 32.1. The first-order chi connectivity index (χ1) is 9.22. The number of pyridine rings is 1. The van der Waals surface area contributed by atoms with Gasteiger partial charge in [-0.1, -0.05) is 12.2 Å². The minimum Gasteiger partial charge on any atom is -0.395 e. The third-order valence-electron chi connectivity index (χ3n) is 3.37. The van der Waals surface area contributed by atoms with E-state index in [4.69, 9.17) is 23.1 Å². The molecule has 1 aliphatic heterocycles. The molecule has 2 heterocycles. The fraction of sp³-hybridized carbons (Fsp3) is 0.538. The Hall–Kier alpha value is -1.24. The molecule has 0 amide bonds. The lowest BCUT2D eigenvalue weighted by atomic mass is 10.2. The number of hydrogen-bond acceptors (Lipinski definition) is 5. The van der Waals surface area contributed by atoms with Gasteiger partial charge in [-0.15, -0.1) is 0 Å². The molecule has 0 aliphatic carbocycles. The summed E-state index contributed by atoms with van der Waals surface area (Å²) in [5.74, 6) is 0. The fourth-order valence-electron chi connectivity index (χ4n) is 2.42. The minimum atomic E-state index is 0.213. The van der Waals surface area contributed by atoms with Crippen LogP contribution in [-0.2, 0) is 0 Å². The van der Waals surface area contributed by atoms with Crippen LogP contribution in [0.1, 0.15) is 12.1 Å². The lowest BCUT2D eigenvalue weighted by Crippen LogP contribution is -2.33. The number of nitrogens with zero attached hydrogens (tertiary/aromatic N) is 3. The highest BCUT2D eigenvalue weighted by Gasteiger charge is 2.18. The van der Waals surface area contributed by atoms with E-state index in [1.54, 1.807) is 6.20 Å². The quantitative estimate of drug-likeness (QED) is 0.769. The maximum absolute atomic E-state index is 9.01. The van der Waals surface area contributed by atoms with E-state index in [9.17, 15) is 0 Å². The zero-order chi connectivity index (χ0) is 13.7. The van der Waals surface area contributed by atoms with Crippen LogP contribution in [0.25, 0.3) is 0 Å². The number of nitrogens with two attached hydrogens (primary N) is 1. The smallest absolute Gasteiger partial charge is 0.124 e. The predicted molar refractivity (Wildman–Crippen MR) is 80.5 cm³/mol. The molecule has 0 atom stereocenters. The third-order valence-corrected chi connectivity index (χ3v) is 3.56. The Morgan fingerprint density at radius 1 is 1.37 bits per heavy atom. The molecule has 6 heteroatoms. The lowest BCUT2D eigenvalue weighted by Gasteiger charge is -2.24. The Kier molecular flexibility index (Phi) is 5.07. The minimum absolute atomic E-state index is 0.213. The van der Waals surface area contributed by atoms with Gasteiger partial charge in [-0.2, -0.15) is 0 Å². The monoisotopic (exact) mass is 280 g/mol. The standard InChI is InChI=1S/C13H20N4OS/c14-13(19)12-11(3-1-4-15-12)17-6-2-5-16(7-8-17)9-10-18/h1,3-4,18H,2,5-10H2,(H2,14,19). The molecule has 2 rings (SSSR count). The molecule has 104 valence electrons. The zero-order valence-corrected chi connectivity index (χ0v) is 11.8. The summed E-state index contributed by atoms with van der Waals surface area (Å²) in [5.41, 5.74) is 7.45. The lowest BCUT2D eigenvalue weighted by molar-refractivity contribution is 0.204. The number of β-amino-alcohol motifs (C(OH)–C–C–N with tert-alkyl or cyclic N) is 1. The first-order valence-corrected chi connectivity index (χ1v) is 6.96. The van der Waals surface area contributed by atoms with Crippen molar-refractivity contribution in [2.75, 3.05) is 44.2 Å². The number of aromatic nitrogens is 1. The second-order valence-electron chi connectivity index (χ2n) is 4.64. The molecule has 0 aromatic carbocycles.